The summed E-state index contributed by atoms with van der Waals surface area (Å²) in [6, 6.07) is 0. The van der Waals surface area contributed by atoms with E-state index in [4.69, 9.17) is 5.11 Å². The molecule has 186 valence electrons. The maximum Gasteiger partial charge on any atom is 0.322 e. The molecular formula is C26H41NO6. The van der Waals surface area contributed by atoms with Crippen molar-refractivity contribution in [2.45, 2.75) is 90.8 Å². The smallest absolute Gasteiger partial charge is 0.322 e. The Labute approximate surface area is 196 Å². The lowest BCUT2D eigenvalue weighted by Crippen LogP contribution is -2.62. The average Bonchev–Trinajstić information content (AvgIpc) is 3.11. The molecule has 0 aliphatic heterocycles. The van der Waals surface area contributed by atoms with Gasteiger partial charge in [-0.3, -0.25) is 14.4 Å². The second kappa shape index (κ2) is 8.95. The molecule has 4 saturated carbocycles. The third-order valence-electron chi connectivity index (χ3n) is 10.6. The van der Waals surface area contributed by atoms with Gasteiger partial charge in [-0.2, -0.15) is 0 Å². The van der Waals surface area contributed by atoms with Crippen LogP contribution in [0.25, 0.3) is 0 Å². The summed E-state index contributed by atoms with van der Waals surface area (Å²) in [5, 5.41) is 34.1. The zero-order chi connectivity index (χ0) is 24.1. The number of fused-ring (bicyclic) bond motifs is 5. The first kappa shape index (κ1) is 24.6. The lowest BCUT2D eigenvalue weighted by Gasteiger charge is -2.63. The Morgan fingerprint density at radius 3 is 2.58 bits per heavy atom. The third-order valence-corrected chi connectivity index (χ3v) is 10.6. The largest absolute Gasteiger partial charge is 0.480 e. The molecule has 0 unspecified atom stereocenters. The Kier molecular flexibility index (Phi) is 6.69. The highest BCUT2D eigenvalue weighted by Crippen LogP contribution is 2.68. The molecule has 0 radical (unpaired) electrons. The van der Waals surface area contributed by atoms with Crippen molar-refractivity contribution < 1.29 is 29.7 Å². The highest BCUT2D eigenvalue weighted by molar-refractivity contribution is 5.81. The van der Waals surface area contributed by atoms with Crippen LogP contribution < -0.4 is 5.32 Å². The molecule has 0 aromatic carbocycles. The standard InChI is InChI=1S/C26H41NO6/c1-14(4-7-22(31)27-13-23(32)33)17-5-6-18-24-19(12-21(30)26(17,18)3)25(2)9-8-16(28)10-15(25)11-20(24)29/h14-15,17-21,24,29-30H,4-13H2,1-3H3,(H,27,31)(H,32,33)/t14-,15+,17-,18+,19+,20-,21+,24+,25+,26-/m1/s1. The van der Waals surface area contributed by atoms with E-state index in [-0.39, 0.29) is 65.2 Å². The SMILES string of the molecule is C[C@H](CCC(=O)NCC(=O)O)[C@H]1CC[C@H]2[C@@H]3[C@H](O)C[C@@H]4CC(=O)CC[C@]4(C)[C@H]3C[C@H](O)[C@]12C. The minimum atomic E-state index is -1.05. The zero-order valence-corrected chi connectivity index (χ0v) is 20.3. The van der Waals surface area contributed by atoms with Gasteiger partial charge in [0.05, 0.1) is 12.2 Å². The van der Waals surface area contributed by atoms with E-state index in [1.54, 1.807) is 0 Å². The van der Waals surface area contributed by atoms with E-state index in [0.29, 0.717) is 37.9 Å². The van der Waals surface area contributed by atoms with Gasteiger partial charge in [-0.1, -0.05) is 20.8 Å². The summed E-state index contributed by atoms with van der Waals surface area (Å²) in [7, 11) is 0. The van der Waals surface area contributed by atoms with Crippen molar-refractivity contribution in [3.05, 3.63) is 0 Å². The zero-order valence-electron chi connectivity index (χ0n) is 20.3. The number of carboxylic acids is 1. The fourth-order valence-electron chi connectivity index (χ4n) is 8.77. The van der Waals surface area contributed by atoms with Crippen LogP contribution in [0.2, 0.25) is 0 Å². The van der Waals surface area contributed by atoms with E-state index < -0.39 is 18.2 Å². The number of aliphatic hydroxyl groups is 2. The van der Waals surface area contributed by atoms with Gasteiger partial charge in [-0.15, -0.1) is 0 Å². The molecule has 7 nitrogen and oxygen atoms in total. The first-order valence-electron chi connectivity index (χ1n) is 12.8. The van der Waals surface area contributed by atoms with Crippen molar-refractivity contribution in [2.75, 3.05) is 6.54 Å². The van der Waals surface area contributed by atoms with Crippen LogP contribution >= 0.6 is 0 Å². The third kappa shape index (κ3) is 4.13. The number of amides is 1. The summed E-state index contributed by atoms with van der Waals surface area (Å²) < 4.78 is 0. The first-order chi connectivity index (χ1) is 15.5. The van der Waals surface area contributed by atoms with Gasteiger partial charge in [-0.05, 0) is 84.9 Å². The number of Topliss-reactive ketones (excluding diaryl/α,β-unsaturated/α-hetero) is 1. The molecule has 4 rings (SSSR count). The van der Waals surface area contributed by atoms with E-state index in [1.165, 1.54) is 0 Å². The van der Waals surface area contributed by atoms with Crippen LogP contribution in [0, 0.1) is 46.3 Å². The number of nitrogens with one attached hydrogen (secondary N) is 1. The van der Waals surface area contributed by atoms with Crippen molar-refractivity contribution in [2.24, 2.45) is 46.3 Å². The van der Waals surface area contributed by atoms with Crippen LogP contribution in [-0.2, 0) is 14.4 Å². The van der Waals surface area contributed by atoms with Crippen LogP contribution in [0.15, 0.2) is 0 Å². The Hall–Kier alpha value is -1.47. The lowest BCUT2D eigenvalue weighted by atomic mass is 9.43. The lowest BCUT2D eigenvalue weighted by molar-refractivity contribution is -0.201. The number of carbonyl (C=O) groups is 3. The molecule has 0 spiro atoms. The van der Waals surface area contributed by atoms with Crippen LogP contribution in [0.4, 0.5) is 0 Å². The van der Waals surface area contributed by atoms with E-state index in [9.17, 15) is 24.6 Å². The van der Waals surface area contributed by atoms with Crippen LogP contribution in [0.1, 0.15) is 78.6 Å². The van der Waals surface area contributed by atoms with Gasteiger partial charge in [0.15, 0.2) is 0 Å². The number of rotatable bonds is 6. The average molecular weight is 464 g/mol. The van der Waals surface area contributed by atoms with Crippen molar-refractivity contribution in [1.29, 1.82) is 0 Å². The molecular weight excluding hydrogens is 422 g/mol. The number of carboxylic acid groups (broad SMARTS) is 1. The molecule has 1 amide bonds. The molecule has 33 heavy (non-hydrogen) atoms. The maximum atomic E-state index is 12.1. The maximum absolute atomic E-state index is 12.1. The number of aliphatic carboxylic acids is 1. The Morgan fingerprint density at radius 2 is 1.88 bits per heavy atom. The fourth-order valence-corrected chi connectivity index (χ4v) is 8.77. The van der Waals surface area contributed by atoms with Gasteiger partial charge >= 0.3 is 5.97 Å². The molecule has 4 N–H and O–H groups in total. The fraction of sp³-hybridized carbons (Fsp3) is 0.885. The summed E-state index contributed by atoms with van der Waals surface area (Å²) in [5.41, 5.74) is -0.293. The van der Waals surface area contributed by atoms with Crippen LogP contribution in [0.5, 0.6) is 0 Å². The highest BCUT2D eigenvalue weighted by atomic mass is 16.4. The molecule has 4 aliphatic rings. The van der Waals surface area contributed by atoms with Crippen LogP contribution in [-0.4, -0.2) is 51.7 Å². The number of aliphatic hydroxyl groups excluding tert-OH is 2. The predicted octanol–water partition coefficient (Wildman–Crippen LogP) is 2.77. The molecule has 0 aromatic rings. The predicted molar refractivity (Wildman–Crippen MR) is 122 cm³/mol. The van der Waals surface area contributed by atoms with Crippen LogP contribution in [0.3, 0.4) is 0 Å². The molecule has 0 heterocycles. The van der Waals surface area contributed by atoms with E-state index in [1.807, 2.05) is 0 Å². The number of ketones is 1. The topological polar surface area (TPSA) is 124 Å². The first-order valence-corrected chi connectivity index (χ1v) is 12.8. The quantitative estimate of drug-likeness (QED) is 0.480. The van der Waals surface area contributed by atoms with Crippen molar-refractivity contribution in [3.8, 4) is 0 Å². The summed E-state index contributed by atoms with van der Waals surface area (Å²) >= 11 is 0. The molecule has 0 saturated heterocycles. The number of hydrogen-bond donors (Lipinski definition) is 4. The van der Waals surface area contributed by atoms with E-state index in [0.717, 1.165) is 19.3 Å². The summed E-state index contributed by atoms with van der Waals surface area (Å²) in [5.74, 6) is 0.346. The molecule has 4 aliphatic carbocycles. The minimum Gasteiger partial charge on any atom is -0.480 e. The molecule has 10 atom stereocenters. The molecule has 0 bridgehead atoms. The minimum absolute atomic E-state index is 0.00600. The van der Waals surface area contributed by atoms with Crippen molar-refractivity contribution in [1.82, 2.24) is 5.32 Å². The van der Waals surface area contributed by atoms with Crippen molar-refractivity contribution in [3.63, 3.8) is 0 Å². The van der Waals surface area contributed by atoms with E-state index in [2.05, 4.69) is 26.1 Å². The molecule has 0 aromatic heterocycles. The van der Waals surface area contributed by atoms with E-state index >= 15 is 0 Å². The van der Waals surface area contributed by atoms with Gasteiger partial charge < -0.3 is 20.6 Å². The highest BCUT2D eigenvalue weighted by Gasteiger charge is 2.65. The van der Waals surface area contributed by atoms with Gasteiger partial charge in [0.25, 0.3) is 0 Å². The Morgan fingerprint density at radius 1 is 1.15 bits per heavy atom. The second-order valence-corrected chi connectivity index (χ2v) is 12.0. The number of hydrogen-bond acceptors (Lipinski definition) is 5. The monoisotopic (exact) mass is 463 g/mol. The van der Waals surface area contributed by atoms with Gasteiger partial charge in [0.1, 0.15) is 12.3 Å². The van der Waals surface area contributed by atoms with Crippen molar-refractivity contribution >= 4 is 17.7 Å². The summed E-state index contributed by atoms with van der Waals surface area (Å²) in [6.45, 7) is 6.28. The number of carbonyl (C=O) groups excluding carboxylic acids is 2. The van der Waals surface area contributed by atoms with Gasteiger partial charge in [0.2, 0.25) is 5.91 Å². The van der Waals surface area contributed by atoms with Gasteiger partial charge in [0, 0.05) is 19.3 Å². The molecule has 4 fully saturated rings. The normalized spacial score (nSPS) is 45.5. The molecule has 7 heteroatoms. The van der Waals surface area contributed by atoms with Gasteiger partial charge in [-0.25, -0.2) is 0 Å². The Balaban J connectivity index is 1.49. The summed E-state index contributed by atoms with van der Waals surface area (Å²) in [6.07, 6.45) is 5.43. The summed E-state index contributed by atoms with van der Waals surface area (Å²) in [4.78, 5) is 34.8. The Bertz CT molecular complexity index is 800. The second-order valence-electron chi connectivity index (χ2n) is 12.0.